The molecule has 176 valence electrons. The summed E-state index contributed by atoms with van der Waals surface area (Å²) >= 11 is 0. The molecule has 0 heterocycles. The van der Waals surface area contributed by atoms with Gasteiger partial charge < -0.3 is 31.9 Å². The third kappa shape index (κ3) is 9.56. The molecule has 0 aliphatic heterocycles. The predicted molar refractivity (Wildman–Crippen MR) is 114 cm³/mol. The molecule has 0 saturated carbocycles. The van der Waals surface area contributed by atoms with Crippen LogP contribution >= 0.6 is 0 Å². The molecular formula is C21H30N4O7. The number of nitrogens with two attached hydrogens (primary N) is 1. The molecule has 1 aromatic carbocycles. The van der Waals surface area contributed by atoms with Crippen molar-refractivity contribution in [2.75, 3.05) is 6.54 Å². The summed E-state index contributed by atoms with van der Waals surface area (Å²) in [5.41, 5.74) is 6.03. The van der Waals surface area contributed by atoms with E-state index in [1.165, 1.54) is 0 Å². The van der Waals surface area contributed by atoms with E-state index < -0.39 is 54.2 Å². The number of hydrogen-bond acceptors (Lipinski definition) is 6. The third-order valence-electron chi connectivity index (χ3n) is 4.45. The highest BCUT2D eigenvalue weighted by Gasteiger charge is 2.31. The fourth-order valence-electron chi connectivity index (χ4n) is 2.93. The smallest absolute Gasteiger partial charge is 0.326 e. The number of carbonyl (C=O) groups is 5. The highest BCUT2D eigenvalue weighted by atomic mass is 16.4. The largest absolute Gasteiger partial charge is 0.481 e. The molecule has 3 atom stereocenters. The summed E-state index contributed by atoms with van der Waals surface area (Å²) < 4.78 is 0. The average Bonchev–Trinajstić information content (AvgIpc) is 2.72. The minimum absolute atomic E-state index is 0.0503. The Labute approximate surface area is 185 Å². The number of rotatable bonds is 13. The second kappa shape index (κ2) is 13.1. The zero-order chi connectivity index (χ0) is 24.3. The van der Waals surface area contributed by atoms with E-state index >= 15 is 0 Å². The van der Waals surface area contributed by atoms with Crippen LogP contribution in [-0.4, -0.2) is 64.5 Å². The molecule has 0 aliphatic carbocycles. The van der Waals surface area contributed by atoms with Gasteiger partial charge in [-0.05, 0) is 17.9 Å². The van der Waals surface area contributed by atoms with E-state index in [1.54, 1.807) is 44.2 Å². The lowest BCUT2D eigenvalue weighted by Gasteiger charge is -2.24. The highest BCUT2D eigenvalue weighted by Crippen LogP contribution is 2.07. The quantitative estimate of drug-likeness (QED) is 0.226. The van der Waals surface area contributed by atoms with Crippen molar-refractivity contribution in [3.63, 3.8) is 0 Å². The lowest BCUT2D eigenvalue weighted by Crippen LogP contribution is -2.57. The summed E-state index contributed by atoms with van der Waals surface area (Å²) in [6.45, 7) is 3.17. The van der Waals surface area contributed by atoms with Gasteiger partial charge in [0.2, 0.25) is 17.7 Å². The monoisotopic (exact) mass is 450 g/mol. The van der Waals surface area contributed by atoms with E-state index in [0.29, 0.717) is 5.56 Å². The molecule has 0 aromatic heterocycles. The predicted octanol–water partition coefficient (Wildman–Crippen LogP) is -0.752. The Morgan fingerprint density at radius 1 is 0.875 bits per heavy atom. The Morgan fingerprint density at radius 3 is 1.94 bits per heavy atom. The van der Waals surface area contributed by atoms with Crippen LogP contribution in [-0.2, 0) is 30.4 Å². The molecule has 0 saturated heterocycles. The van der Waals surface area contributed by atoms with Crippen LogP contribution in [0.4, 0.5) is 0 Å². The molecular weight excluding hydrogens is 420 g/mol. The van der Waals surface area contributed by atoms with E-state index in [4.69, 9.17) is 10.8 Å². The number of nitrogens with one attached hydrogen (secondary N) is 3. The first-order valence-corrected chi connectivity index (χ1v) is 10.1. The Balaban J connectivity index is 3.02. The summed E-state index contributed by atoms with van der Waals surface area (Å²) in [7, 11) is 0. The Morgan fingerprint density at radius 2 is 1.44 bits per heavy atom. The lowest BCUT2D eigenvalue weighted by molar-refractivity contribution is -0.144. The maximum Gasteiger partial charge on any atom is 0.326 e. The highest BCUT2D eigenvalue weighted by molar-refractivity contribution is 5.95. The van der Waals surface area contributed by atoms with Crippen LogP contribution in [0.15, 0.2) is 30.3 Å². The van der Waals surface area contributed by atoms with Gasteiger partial charge in [0.15, 0.2) is 0 Å². The van der Waals surface area contributed by atoms with Gasteiger partial charge in [0.25, 0.3) is 0 Å². The van der Waals surface area contributed by atoms with Gasteiger partial charge in [-0.15, -0.1) is 0 Å². The van der Waals surface area contributed by atoms with Crippen LogP contribution in [0.2, 0.25) is 0 Å². The van der Waals surface area contributed by atoms with E-state index in [9.17, 15) is 29.1 Å². The summed E-state index contributed by atoms with van der Waals surface area (Å²) in [5.74, 6) is -5.05. The van der Waals surface area contributed by atoms with Gasteiger partial charge in [-0.3, -0.25) is 19.2 Å². The van der Waals surface area contributed by atoms with Crippen molar-refractivity contribution in [2.24, 2.45) is 11.7 Å². The van der Waals surface area contributed by atoms with Crippen molar-refractivity contribution in [3.8, 4) is 0 Å². The Hall–Kier alpha value is -3.47. The second-order valence-electron chi connectivity index (χ2n) is 7.70. The minimum atomic E-state index is -1.54. The van der Waals surface area contributed by atoms with Crippen LogP contribution in [0.3, 0.4) is 0 Å². The second-order valence-corrected chi connectivity index (χ2v) is 7.70. The van der Waals surface area contributed by atoms with Crippen molar-refractivity contribution in [1.82, 2.24) is 16.0 Å². The molecule has 0 radical (unpaired) electrons. The van der Waals surface area contributed by atoms with Gasteiger partial charge in [0, 0.05) is 6.42 Å². The number of amides is 3. The third-order valence-corrected chi connectivity index (χ3v) is 4.45. The van der Waals surface area contributed by atoms with Crippen molar-refractivity contribution >= 4 is 29.7 Å². The van der Waals surface area contributed by atoms with Gasteiger partial charge in [-0.1, -0.05) is 44.2 Å². The number of carboxylic acids is 2. The van der Waals surface area contributed by atoms with Crippen molar-refractivity contribution in [1.29, 1.82) is 0 Å². The van der Waals surface area contributed by atoms with Crippen LogP contribution in [0.25, 0.3) is 0 Å². The summed E-state index contributed by atoms with van der Waals surface area (Å²) in [5, 5.41) is 25.5. The molecule has 11 nitrogen and oxygen atoms in total. The van der Waals surface area contributed by atoms with Gasteiger partial charge in [0.1, 0.15) is 18.1 Å². The van der Waals surface area contributed by atoms with E-state index in [0.717, 1.165) is 0 Å². The molecule has 7 N–H and O–H groups in total. The van der Waals surface area contributed by atoms with Gasteiger partial charge in [-0.2, -0.15) is 0 Å². The number of hydrogen-bond donors (Lipinski definition) is 6. The van der Waals surface area contributed by atoms with Crippen molar-refractivity contribution in [2.45, 2.75) is 51.2 Å². The molecule has 0 unspecified atom stereocenters. The molecule has 11 heteroatoms. The minimum Gasteiger partial charge on any atom is -0.481 e. The first-order valence-electron chi connectivity index (χ1n) is 10.1. The van der Waals surface area contributed by atoms with Crippen molar-refractivity contribution < 1.29 is 34.2 Å². The van der Waals surface area contributed by atoms with Crippen LogP contribution in [0.5, 0.6) is 0 Å². The van der Waals surface area contributed by atoms with Gasteiger partial charge >= 0.3 is 11.9 Å². The lowest BCUT2D eigenvalue weighted by atomic mass is 10.0. The Bertz CT molecular complexity index is 814. The maximum atomic E-state index is 12.8. The SMILES string of the molecule is CC(C)C[C@H](NC(=O)[C@H](CC(=O)O)NC(=O)[C@H](Cc1ccccc1)NC(=O)CN)C(=O)O. The van der Waals surface area contributed by atoms with E-state index in [-0.39, 0.29) is 25.3 Å². The molecule has 3 amide bonds. The summed E-state index contributed by atoms with van der Waals surface area (Å²) in [4.78, 5) is 59.9. The van der Waals surface area contributed by atoms with E-state index in [2.05, 4.69) is 16.0 Å². The van der Waals surface area contributed by atoms with Crippen molar-refractivity contribution in [3.05, 3.63) is 35.9 Å². The van der Waals surface area contributed by atoms with E-state index in [1.807, 2.05) is 0 Å². The topological polar surface area (TPSA) is 188 Å². The molecule has 0 fully saturated rings. The Kier molecular flexibility index (Phi) is 10.8. The molecule has 1 rings (SSSR count). The molecule has 0 aliphatic rings. The first kappa shape index (κ1) is 26.6. The maximum absolute atomic E-state index is 12.8. The van der Waals surface area contributed by atoms with Gasteiger partial charge in [0.05, 0.1) is 13.0 Å². The number of aliphatic carboxylic acids is 2. The van der Waals surface area contributed by atoms with Crippen LogP contribution in [0, 0.1) is 5.92 Å². The number of carbonyl (C=O) groups excluding carboxylic acids is 3. The zero-order valence-electron chi connectivity index (χ0n) is 18.0. The van der Waals surface area contributed by atoms with Crippen LogP contribution < -0.4 is 21.7 Å². The number of benzene rings is 1. The fourth-order valence-corrected chi connectivity index (χ4v) is 2.93. The normalized spacial score (nSPS) is 13.5. The molecule has 32 heavy (non-hydrogen) atoms. The standard InChI is InChI=1S/C21H30N4O7/c1-12(2)8-16(21(31)32)25-20(30)15(10-18(27)28)24-19(29)14(23-17(26)11-22)9-13-6-4-3-5-7-13/h3-7,12,14-16H,8-11,22H2,1-2H3,(H,23,26)(H,24,29)(H,25,30)(H,27,28)(H,31,32)/t14-,15-,16-/m0/s1. The summed E-state index contributed by atoms with van der Waals surface area (Å²) in [6, 6.07) is 4.84. The van der Waals surface area contributed by atoms with Gasteiger partial charge in [-0.25, -0.2) is 4.79 Å². The summed E-state index contributed by atoms with van der Waals surface area (Å²) in [6.07, 6.45) is -0.572. The molecule has 0 spiro atoms. The number of carboxylic acid groups (broad SMARTS) is 2. The van der Waals surface area contributed by atoms with Crippen LogP contribution in [0.1, 0.15) is 32.3 Å². The fraction of sp³-hybridized carbons (Fsp3) is 0.476. The zero-order valence-corrected chi connectivity index (χ0v) is 18.0. The molecule has 1 aromatic rings. The first-order chi connectivity index (χ1) is 15.0. The molecule has 0 bridgehead atoms. The average molecular weight is 450 g/mol.